The Morgan fingerprint density at radius 1 is 0.947 bits per heavy atom. The molecule has 1 heterocycles. The molecular weight excluding hydrogens is 508 g/mol. The maximum absolute atomic E-state index is 13.1. The summed E-state index contributed by atoms with van der Waals surface area (Å²) < 4.78 is 39.1. The first kappa shape index (κ1) is 27.6. The van der Waals surface area contributed by atoms with Crippen LogP contribution in [0.2, 0.25) is 0 Å². The van der Waals surface area contributed by atoms with Gasteiger partial charge in [-0.1, -0.05) is 66.7 Å². The van der Waals surface area contributed by atoms with Crippen LogP contribution >= 0.6 is 0 Å². The highest BCUT2D eigenvalue weighted by atomic mass is 32.2. The van der Waals surface area contributed by atoms with Gasteiger partial charge in [0.1, 0.15) is 24.4 Å². The molecule has 0 aromatic heterocycles. The van der Waals surface area contributed by atoms with Gasteiger partial charge in [0.25, 0.3) is 5.91 Å². The number of carbonyl (C=O) groups excluding carboxylic acids is 1. The number of hydrogen-bond acceptors (Lipinski definition) is 7. The Balaban J connectivity index is 1.48. The van der Waals surface area contributed by atoms with Crippen molar-refractivity contribution in [1.29, 1.82) is 0 Å². The van der Waals surface area contributed by atoms with E-state index in [4.69, 9.17) is 9.47 Å². The van der Waals surface area contributed by atoms with Crippen LogP contribution in [0, 0.1) is 0 Å². The molecule has 0 aliphatic carbocycles. The molecule has 9 nitrogen and oxygen atoms in total. The second kappa shape index (κ2) is 12.4. The summed E-state index contributed by atoms with van der Waals surface area (Å²) in [4.78, 5) is 13.2. The van der Waals surface area contributed by atoms with Gasteiger partial charge >= 0.3 is 0 Å². The molecule has 1 fully saturated rings. The molecular formula is C28H30N2O7S. The number of aliphatic hydroxyl groups is 2. The SMILES string of the molecule is C=CCOC1O[C@H](CNS(=O)(=O)c2ccccc2)[C@@H](O)[C@H](O)[C@H]1NC(=O)c1cccc(-c2ccccc2)c1. The maximum atomic E-state index is 13.1. The molecule has 3 aromatic carbocycles. The van der Waals surface area contributed by atoms with Crippen molar-refractivity contribution in [2.45, 2.75) is 35.5 Å². The highest BCUT2D eigenvalue weighted by molar-refractivity contribution is 7.89. The van der Waals surface area contributed by atoms with Crippen molar-refractivity contribution in [3.63, 3.8) is 0 Å². The Morgan fingerprint density at radius 3 is 2.29 bits per heavy atom. The lowest BCUT2D eigenvalue weighted by atomic mass is 9.96. The smallest absolute Gasteiger partial charge is 0.251 e. The predicted molar refractivity (Wildman–Crippen MR) is 142 cm³/mol. The summed E-state index contributed by atoms with van der Waals surface area (Å²) in [5.74, 6) is -0.502. The molecule has 1 amide bonds. The van der Waals surface area contributed by atoms with Gasteiger partial charge in [0.2, 0.25) is 10.0 Å². The van der Waals surface area contributed by atoms with Crippen molar-refractivity contribution in [1.82, 2.24) is 10.0 Å². The third-order valence-corrected chi connectivity index (χ3v) is 7.58. The number of sulfonamides is 1. The first-order chi connectivity index (χ1) is 18.3. The zero-order valence-corrected chi connectivity index (χ0v) is 21.3. The topological polar surface area (TPSA) is 134 Å². The van der Waals surface area contributed by atoms with Gasteiger partial charge in [-0.05, 0) is 35.4 Å². The molecule has 1 unspecified atom stereocenters. The lowest BCUT2D eigenvalue weighted by Crippen LogP contribution is -2.65. The average molecular weight is 539 g/mol. The van der Waals surface area contributed by atoms with Crippen molar-refractivity contribution in [2.24, 2.45) is 0 Å². The highest BCUT2D eigenvalue weighted by Gasteiger charge is 2.46. The van der Waals surface area contributed by atoms with Crippen LogP contribution in [0.1, 0.15) is 10.4 Å². The summed E-state index contributed by atoms with van der Waals surface area (Å²) in [6.07, 6.45) is -3.88. The number of amides is 1. The van der Waals surface area contributed by atoms with E-state index in [1.54, 1.807) is 36.4 Å². The van der Waals surface area contributed by atoms with E-state index in [9.17, 15) is 23.4 Å². The minimum atomic E-state index is -3.88. The fraction of sp³-hybridized carbons (Fsp3) is 0.250. The van der Waals surface area contributed by atoms with Crippen LogP contribution in [0.4, 0.5) is 0 Å². The number of hydrogen-bond donors (Lipinski definition) is 4. The number of benzene rings is 3. The van der Waals surface area contributed by atoms with Gasteiger partial charge in [0, 0.05) is 12.1 Å². The van der Waals surface area contributed by atoms with Gasteiger partial charge in [-0.25, -0.2) is 13.1 Å². The molecule has 1 aliphatic heterocycles. The van der Waals surface area contributed by atoms with E-state index in [1.807, 2.05) is 36.4 Å². The Hall–Kier alpha value is -3.38. The Morgan fingerprint density at radius 2 is 1.61 bits per heavy atom. The monoisotopic (exact) mass is 538 g/mol. The summed E-state index contributed by atoms with van der Waals surface area (Å²) in [6, 6.07) is 23.1. The van der Waals surface area contributed by atoms with E-state index < -0.39 is 46.6 Å². The molecule has 1 aliphatic rings. The third-order valence-electron chi connectivity index (χ3n) is 6.14. The lowest BCUT2D eigenvalue weighted by Gasteiger charge is -2.42. The van der Waals surface area contributed by atoms with Gasteiger partial charge < -0.3 is 25.0 Å². The van der Waals surface area contributed by atoms with Gasteiger partial charge in [0.15, 0.2) is 6.29 Å². The molecule has 5 atom stereocenters. The molecule has 4 N–H and O–H groups in total. The average Bonchev–Trinajstić information content (AvgIpc) is 2.95. The molecule has 0 bridgehead atoms. The molecule has 4 rings (SSSR count). The van der Waals surface area contributed by atoms with Crippen LogP contribution in [-0.4, -0.2) is 68.3 Å². The van der Waals surface area contributed by atoms with Crippen LogP contribution < -0.4 is 10.0 Å². The molecule has 0 saturated carbocycles. The molecule has 38 heavy (non-hydrogen) atoms. The van der Waals surface area contributed by atoms with Crippen molar-refractivity contribution in [3.05, 3.63) is 103 Å². The molecule has 10 heteroatoms. The predicted octanol–water partition coefficient (Wildman–Crippen LogP) is 2.08. The molecule has 1 saturated heterocycles. The second-order valence-corrected chi connectivity index (χ2v) is 10.5. The maximum Gasteiger partial charge on any atom is 0.251 e. The second-order valence-electron chi connectivity index (χ2n) is 8.76. The van der Waals surface area contributed by atoms with E-state index in [0.29, 0.717) is 5.56 Å². The summed E-state index contributed by atoms with van der Waals surface area (Å²) in [5, 5.41) is 24.4. The number of carbonyl (C=O) groups is 1. The van der Waals surface area contributed by atoms with Gasteiger partial charge in [0.05, 0.1) is 11.5 Å². The lowest BCUT2D eigenvalue weighted by molar-refractivity contribution is -0.258. The normalized spacial score (nSPS) is 23.5. The fourth-order valence-electron chi connectivity index (χ4n) is 4.14. The molecule has 0 radical (unpaired) electrons. The summed E-state index contributed by atoms with van der Waals surface area (Å²) >= 11 is 0. The standard InChI is InChI=1S/C28H30N2O7S/c1-2-16-36-28-24(30-27(33)21-13-9-12-20(17-21)19-10-5-3-6-11-19)26(32)25(31)23(37-28)18-29-38(34,35)22-14-7-4-8-15-22/h2-15,17,23-26,28-29,31-32H,1,16,18H2,(H,30,33)/t23-,24-,25-,26-,28?/m1/s1. The largest absolute Gasteiger partial charge is 0.388 e. The minimum absolute atomic E-state index is 0.0335. The first-order valence-corrected chi connectivity index (χ1v) is 13.5. The minimum Gasteiger partial charge on any atom is -0.388 e. The van der Waals surface area contributed by atoms with Crippen LogP contribution in [0.3, 0.4) is 0 Å². The van der Waals surface area contributed by atoms with E-state index >= 15 is 0 Å². The van der Waals surface area contributed by atoms with E-state index in [-0.39, 0.29) is 18.0 Å². The number of ether oxygens (including phenoxy) is 2. The Bertz CT molecular complexity index is 1340. The van der Waals surface area contributed by atoms with Crippen molar-refractivity contribution in [2.75, 3.05) is 13.2 Å². The van der Waals surface area contributed by atoms with Crippen LogP contribution in [0.5, 0.6) is 0 Å². The first-order valence-electron chi connectivity index (χ1n) is 12.1. The molecule has 3 aromatic rings. The quantitative estimate of drug-likeness (QED) is 0.291. The number of rotatable bonds is 10. The van der Waals surface area contributed by atoms with Crippen molar-refractivity contribution < 1.29 is 32.9 Å². The van der Waals surface area contributed by atoms with Crippen molar-refractivity contribution >= 4 is 15.9 Å². The zero-order chi connectivity index (χ0) is 27.1. The van der Waals surface area contributed by atoms with E-state index in [2.05, 4.69) is 16.6 Å². The Kier molecular flexibility index (Phi) is 9.05. The van der Waals surface area contributed by atoms with Gasteiger partial charge in [-0.15, -0.1) is 6.58 Å². The van der Waals surface area contributed by atoms with Crippen LogP contribution in [-0.2, 0) is 19.5 Å². The number of aliphatic hydroxyl groups excluding tert-OH is 2. The third kappa shape index (κ3) is 6.54. The summed E-state index contributed by atoms with van der Waals surface area (Å²) in [7, 11) is -3.88. The van der Waals surface area contributed by atoms with E-state index in [1.165, 1.54) is 18.2 Å². The molecule has 0 spiro atoms. The highest BCUT2D eigenvalue weighted by Crippen LogP contribution is 2.24. The van der Waals surface area contributed by atoms with E-state index in [0.717, 1.165) is 11.1 Å². The van der Waals surface area contributed by atoms with Crippen LogP contribution in [0.25, 0.3) is 11.1 Å². The summed E-state index contributed by atoms with van der Waals surface area (Å²) in [6.45, 7) is 3.30. The number of nitrogens with one attached hydrogen (secondary N) is 2. The van der Waals surface area contributed by atoms with Crippen molar-refractivity contribution in [3.8, 4) is 11.1 Å². The zero-order valence-electron chi connectivity index (χ0n) is 20.5. The Labute approximate surface area is 221 Å². The fourth-order valence-corrected chi connectivity index (χ4v) is 5.20. The van der Waals surface area contributed by atoms with Gasteiger partial charge in [-0.2, -0.15) is 0 Å². The van der Waals surface area contributed by atoms with Crippen LogP contribution in [0.15, 0.2) is 102 Å². The molecule has 200 valence electrons. The summed E-state index contributed by atoms with van der Waals surface area (Å²) in [5.41, 5.74) is 2.11. The van der Waals surface area contributed by atoms with Gasteiger partial charge in [-0.3, -0.25) is 4.79 Å².